The van der Waals surface area contributed by atoms with Gasteiger partial charge < -0.3 is 9.64 Å². The summed E-state index contributed by atoms with van der Waals surface area (Å²) in [6.45, 7) is 1.90. The molecule has 2 aliphatic rings. The lowest BCUT2D eigenvalue weighted by molar-refractivity contribution is -0.145. The fourth-order valence-corrected chi connectivity index (χ4v) is 5.26. The van der Waals surface area contributed by atoms with E-state index in [0.717, 1.165) is 11.1 Å². The Kier molecular flexibility index (Phi) is 6.17. The van der Waals surface area contributed by atoms with Crippen LogP contribution in [0.5, 0.6) is 0 Å². The molecule has 6 nitrogen and oxygen atoms in total. The van der Waals surface area contributed by atoms with Gasteiger partial charge in [-0.2, -0.15) is 0 Å². The third kappa shape index (κ3) is 4.71. The number of hydrogen-bond acceptors (Lipinski definition) is 5. The van der Waals surface area contributed by atoms with Crippen LogP contribution in [0.3, 0.4) is 0 Å². The summed E-state index contributed by atoms with van der Waals surface area (Å²) < 4.78 is 42.9. The molecule has 0 saturated carbocycles. The number of amides is 1. The molecule has 0 aliphatic carbocycles. The van der Waals surface area contributed by atoms with Gasteiger partial charge in [0.1, 0.15) is 18.0 Å². The maximum absolute atomic E-state index is 13.6. The van der Waals surface area contributed by atoms with Crippen LogP contribution in [0.2, 0.25) is 0 Å². The lowest BCUT2D eigenvalue weighted by Crippen LogP contribution is -2.51. The van der Waals surface area contributed by atoms with Crippen molar-refractivity contribution in [2.75, 3.05) is 44.3 Å². The highest BCUT2D eigenvalue weighted by Gasteiger charge is 2.36. The molecule has 2 saturated heterocycles. The average Bonchev–Trinajstić information content (AvgIpc) is 2.76. The molecule has 0 radical (unpaired) electrons. The van der Waals surface area contributed by atoms with Gasteiger partial charge in [0.2, 0.25) is 5.91 Å². The van der Waals surface area contributed by atoms with Gasteiger partial charge in [-0.25, -0.2) is 12.8 Å². The second-order valence-corrected chi connectivity index (χ2v) is 10.00. The van der Waals surface area contributed by atoms with Crippen molar-refractivity contribution in [1.29, 1.82) is 0 Å². The number of carbonyl (C=O) groups excluding carboxylic acids is 1. The SMILES string of the molecule is O=C(C(c1ccccc1)N1CCS(=O)(=O)CC1)N1CCOC(c2ccc(F)cc2)C1. The predicted octanol–water partition coefficient (Wildman–Crippen LogP) is 2.20. The van der Waals surface area contributed by atoms with E-state index in [1.54, 1.807) is 17.0 Å². The van der Waals surface area contributed by atoms with Gasteiger partial charge in [-0.05, 0) is 23.3 Å². The topological polar surface area (TPSA) is 66.9 Å². The Bertz CT molecular complexity index is 968. The van der Waals surface area contributed by atoms with Crippen molar-refractivity contribution >= 4 is 15.7 Å². The molecule has 2 atom stereocenters. The number of carbonyl (C=O) groups is 1. The van der Waals surface area contributed by atoms with Crippen LogP contribution < -0.4 is 0 Å². The molecule has 30 heavy (non-hydrogen) atoms. The first-order valence-electron chi connectivity index (χ1n) is 10.1. The number of rotatable bonds is 4. The molecule has 8 heteroatoms. The Morgan fingerprint density at radius 2 is 1.67 bits per heavy atom. The van der Waals surface area contributed by atoms with E-state index in [-0.39, 0.29) is 29.3 Å². The number of halogens is 1. The molecule has 2 unspecified atom stereocenters. The Morgan fingerprint density at radius 1 is 1.00 bits per heavy atom. The van der Waals surface area contributed by atoms with Gasteiger partial charge in [0.15, 0.2) is 9.84 Å². The Labute approximate surface area is 176 Å². The van der Waals surface area contributed by atoms with Crippen molar-refractivity contribution in [3.05, 3.63) is 71.5 Å². The second-order valence-electron chi connectivity index (χ2n) is 7.70. The van der Waals surface area contributed by atoms with Crippen molar-refractivity contribution in [3.63, 3.8) is 0 Å². The summed E-state index contributed by atoms with van der Waals surface area (Å²) >= 11 is 0. The molecule has 2 aromatic carbocycles. The highest BCUT2D eigenvalue weighted by atomic mass is 32.2. The van der Waals surface area contributed by atoms with Crippen LogP contribution in [0.1, 0.15) is 23.3 Å². The third-order valence-electron chi connectivity index (χ3n) is 5.71. The fourth-order valence-electron chi connectivity index (χ4n) is 4.03. The molecular weight excluding hydrogens is 407 g/mol. The predicted molar refractivity (Wildman–Crippen MR) is 111 cm³/mol. The largest absolute Gasteiger partial charge is 0.370 e. The van der Waals surface area contributed by atoms with Crippen LogP contribution in [0, 0.1) is 5.82 Å². The first-order valence-corrected chi connectivity index (χ1v) is 11.9. The van der Waals surface area contributed by atoms with Crippen LogP contribution in [0.4, 0.5) is 4.39 Å². The molecule has 0 N–H and O–H groups in total. The van der Waals surface area contributed by atoms with Crippen molar-refractivity contribution < 1.29 is 22.3 Å². The van der Waals surface area contributed by atoms with E-state index in [2.05, 4.69) is 0 Å². The van der Waals surface area contributed by atoms with E-state index in [9.17, 15) is 17.6 Å². The highest BCUT2D eigenvalue weighted by Crippen LogP contribution is 2.29. The molecule has 2 heterocycles. The molecule has 0 bridgehead atoms. The zero-order valence-electron chi connectivity index (χ0n) is 16.6. The van der Waals surface area contributed by atoms with E-state index in [1.165, 1.54) is 12.1 Å². The van der Waals surface area contributed by atoms with Gasteiger partial charge in [0.25, 0.3) is 0 Å². The van der Waals surface area contributed by atoms with Crippen LogP contribution in [-0.2, 0) is 19.4 Å². The molecular formula is C22H25FN2O4S. The summed E-state index contributed by atoms with van der Waals surface area (Å²) in [5.74, 6) is -0.252. The quantitative estimate of drug-likeness (QED) is 0.741. The molecule has 0 aromatic heterocycles. The number of ether oxygens (including phenoxy) is 1. The van der Waals surface area contributed by atoms with E-state index in [4.69, 9.17) is 4.74 Å². The number of nitrogens with zero attached hydrogens (tertiary/aromatic N) is 2. The van der Waals surface area contributed by atoms with Gasteiger partial charge in [0, 0.05) is 19.6 Å². The van der Waals surface area contributed by atoms with Crippen molar-refractivity contribution in [1.82, 2.24) is 9.80 Å². The molecule has 4 rings (SSSR count). The first kappa shape index (κ1) is 21.0. The van der Waals surface area contributed by atoms with E-state index < -0.39 is 15.9 Å². The summed E-state index contributed by atoms with van der Waals surface area (Å²) in [6.07, 6.45) is -0.318. The Morgan fingerprint density at radius 3 is 2.33 bits per heavy atom. The van der Waals surface area contributed by atoms with Crippen LogP contribution in [0.15, 0.2) is 54.6 Å². The molecule has 2 aliphatic heterocycles. The van der Waals surface area contributed by atoms with Crippen LogP contribution in [-0.4, -0.2) is 68.4 Å². The number of benzene rings is 2. The smallest absolute Gasteiger partial charge is 0.244 e. The highest BCUT2D eigenvalue weighted by molar-refractivity contribution is 7.91. The maximum Gasteiger partial charge on any atom is 0.244 e. The van der Waals surface area contributed by atoms with Gasteiger partial charge in [-0.3, -0.25) is 9.69 Å². The third-order valence-corrected chi connectivity index (χ3v) is 7.32. The zero-order chi connectivity index (χ0) is 21.1. The Hall–Kier alpha value is -2.29. The zero-order valence-corrected chi connectivity index (χ0v) is 17.4. The average molecular weight is 433 g/mol. The minimum absolute atomic E-state index is 0.0593. The standard InChI is InChI=1S/C22H25FN2O4S/c23-19-8-6-17(7-9-19)20-16-25(10-13-29-20)22(26)21(18-4-2-1-3-5-18)24-11-14-30(27,28)15-12-24/h1-9,20-21H,10-16H2. The van der Waals surface area contributed by atoms with E-state index in [0.29, 0.717) is 32.8 Å². The van der Waals surface area contributed by atoms with Crippen molar-refractivity contribution in [2.45, 2.75) is 12.1 Å². The number of morpholine rings is 1. The maximum atomic E-state index is 13.6. The summed E-state index contributed by atoms with van der Waals surface area (Å²) in [7, 11) is -3.05. The van der Waals surface area contributed by atoms with Gasteiger partial charge in [-0.1, -0.05) is 42.5 Å². The molecule has 160 valence electrons. The Balaban J connectivity index is 1.56. The minimum atomic E-state index is -3.05. The van der Waals surface area contributed by atoms with Crippen LogP contribution in [0.25, 0.3) is 0 Å². The summed E-state index contributed by atoms with van der Waals surface area (Å²) in [5, 5.41) is 0. The van der Waals surface area contributed by atoms with Gasteiger partial charge >= 0.3 is 0 Å². The fraction of sp³-hybridized carbons (Fsp3) is 0.409. The normalized spacial score (nSPS) is 23.1. The van der Waals surface area contributed by atoms with Gasteiger partial charge in [0.05, 0.1) is 24.7 Å². The van der Waals surface area contributed by atoms with Crippen molar-refractivity contribution in [3.8, 4) is 0 Å². The molecule has 2 aromatic rings. The molecule has 1 amide bonds. The lowest BCUT2D eigenvalue weighted by atomic mass is 10.0. The monoisotopic (exact) mass is 432 g/mol. The summed E-state index contributed by atoms with van der Waals surface area (Å²) in [6, 6.07) is 15.1. The van der Waals surface area contributed by atoms with E-state index in [1.807, 2.05) is 35.2 Å². The molecule has 2 fully saturated rings. The lowest BCUT2D eigenvalue weighted by Gasteiger charge is -2.39. The summed E-state index contributed by atoms with van der Waals surface area (Å²) in [4.78, 5) is 17.3. The second kappa shape index (κ2) is 8.83. The minimum Gasteiger partial charge on any atom is -0.370 e. The molecule has 0 spiro atoms. The summed E-state index contributed by atoms with van der Waals surface area (Å²) in [5.41, 5.74) is 1.68. The van der Waals surface area contributed by atoms with E-state index >= 15 is 0 Å². The number of sulfone groups is 1. The van der Waals surface area contributed by atoms with Crippen molar-refractivity contribution in [2.24, 2.45) is 0 Å². The van der Waals surface area contributed by atoms with Crippen LogP contribution >= 0.6 is 0 Å². The van der Waals surface area contributed by atoms with Gasteiger partial charge in [-0.15, -0.1) is 0 Å². The number of hydrogen-bond donors (Lipinski definition) is 0. The first-order chi connectivity index (χ1) is 14.4.